The fourth-order valence-electron chi connectivity index (χ4n) is 2.59. The molecule has 0 fully saturated rings. The van der Waals surface area contributed by atoms with E-state index in [1.54, 1.807) is 73.3 Å². The minimum atomic E-state index is -0.750. The summed E-state index contributed by atoms with van der Waals surface area (Å²) in [6, 6.07) is 13.9. The van der Waals surface area contributed by atoms with Crippen LogP contribution >= 0.6 is 0 Å². The van der Waals surface area contributed by atoms with Crippen molar-refractivity contribution in [2.45, 2.75) is 6.42 Å². The second-order valence-electron chi connectivity index (χ2n) is 5.59. The summed E-state index contributed by atoms with van der Waals surface area (Å²) in [4.78, 5) is 43.1. The molecule has 0 unspecified atom stereocenters. The predicted octanol–water partition coefficient (Wildman–Crippen LogP) is 0.359. The SMILES string of the molecule is O=C(CC(=O)O[n+]1cccc2ncccc21)O[n+]1cccc2ncccc21. The van der Waals surface area contributed by atoms with Crippen LogP contribution in [0.5, 0.6) is 0 Å². The summed E-state index contributed by atoms with van der Waals surface area (Å²) in [7, 11) is 0. The van der Waals surface area contributed by atoms with E-state index in [9.17, 15) is 9.59 Å². The lowest BCUT2D eigenvalue weighted by Gasteiger charge is -2.00. The summed E-state index contributed by atoms with van der Waals surface area (Å²) in [5, 5.41) is 0. The van der Waals surface area contributed by atoms with Gasteiger partial charge in [0.1, 0.15) is 11.0 Å². The van der Waals surface area contributed by atoms with Gasteiger partial charge in [-0.3, -0.25) is 0 Å². The number of aromatic nitrogens is 4. The van der Waals surface area contributed by atoms with Crippen LogP contribution in [0.15, 0.2) is 73.3 Å². The topological polar surface area (TPSA) is 86.1 Å². The first-order valence-electron chi connectivity index (χ1n) is 8.14. The molecule has 132 valence electrons. The van der Waals surface area contributed by atoms with E-state index in [-0.39, 0.29) is 0 Å². The summed E-state index contributed by atoms with van der Waals surface area (Å²) in [5.74, 6) is -1.50. The number of carbonyl (C=O) groups is 2. The van der Waals surface area contributed by atoms with Crippen molar-refractivity contribution in [1.82, 2.24) is 9.97 Å². The number of nitrogens with zero attached hydrogens (tertiary/aromatic N) is 4. The monoisotopic (exact) mass is 362 g/mol. The predicted molar refractivity (Wildman–Crippen MR) is 91.7 cm³/mol. The van der Waals surface area contributed by atoms with Crippen LogP contribution in [0.3, 0.4) is 0 Å². The van der Waals surface area contributed by atoms with Gasteiger partial charge in [-0.15, -0.1) is 0 Å². The van der Waals surface area contributed by atoms with Crippen LogP contribution in [0.1, 0.15) is 6.42 Å². The highest BCUT2D eigenvalue weighted by molar-refractivity contribution is 5.91. The van der Waals surface area contributed by atoms with Gasteiger partial charge < -0.3 is 0 Å². The highest BCUT2D eigenvalue weighted by Crippen LogP contribution is 2.04. The van der Waals surface area contributed by atoms with E-state index in [2.05, 4.69) is 9.97 Å². The Morgan fingerprint density at radius 3 is 1.70 bits per heavy atom. The van der Waals surface area contributed by atoms with Crippen molar-refractivity contribution in [3.63, 3.8) is 0 Å². The van der Waals surface area contributed by atoms with Crippen molar-refractivity contribution >= 4 is 34.0 Å². The van der Waals surface area contributed by atoms with Crippen molar-refractivity contribution in [3.05, 3.63) is 73.3 Å². The summed E-state index contributed by atoms with van der Waals surface area (Å²) in [6.07, 6.45) is 5.87. The Morgan fingerprint density at radius 2 is 1.22 bits per heavy atom. The lowest BCUT2D eigenvalue weighted by molar-refractivity contribution is -0.851. The van der Waals surface area contributed by atoms with Gasteiger partial charge in [-0.2, -0.15) is 9.68 Å². The molecule has 4 rings (SSSR count). The quantitative estimate of drug-likeness (QED) is 0.385. The van der Waals surface area contributed by atoms with E-state index in [1.807, 2.05) is 0 Å². The third kappa shape index (κ3) is 3.54. The molecule has 0 amide bonds. The lowest BCUT2D eigenvalue weighted by Crippen LogP contribution is -2.50. The maximum atomic E-state index is 12.1. The Hall–Kier alpha value is -3.94. The van der Waals surface area contributed by atoms with Gasteiger partial charge in [0, 0.05) is 46.1 Å². The van der Waals surface area contributed by atoms with E-state index in [4.69, 9.17) is 9.68 Å². The molecule has 0 saturated heterocycles. The van der Waals surface area contributed by atoms with Crippen molar-refractivity contribution < 1.29 is 28.7 Å². The third-order valence-corrected chi connectivity index (χ3v) is 3.75. The van der Waals surface area contributed by atoms with Gasteiger partial charge in [-0.1, -0.05) is 0 Å². The van der Waals surface area contributed by atoms with E-state index >= 15 is 0 Å². The van der Waals surface area contributed by atoms with Gasteiger partial charge in [0.25, 0.3) is 11.0 Å². The van der Waals surface area contributed by atoms with Crippen LogP contribution in [0.25, 0.3) is 22.1 Å². The number of pyridine rings is 4. The molecule has 8 heteroatoms. The summed E-state index contributed by atoms with van der Waals surface area (Å²) >= 11 is 0. The van der Waals surface area contributed by atoms with Crippen molar-refractivity contribution in [3.8, 4) is 0 Å². The second kappa shape index (κ2) is 7.12. The zero-order valence-electron chi connectivity index (χ0n) is 14.1. The molecule has 0 bridgehead atoms. The molecule has 0 aliphatic heterocycles. The molecular formula is C19H14N4O4+2. The van der Waals surface area contributed by atoms with Crippen LogP contribution in [-0.4, -0.2) is 21.9 Å². The normalized spacial score (nSPS) is 10.7. The molecule has 0 aliphatic rings. The zero-order chi connectivity index (χ0) is 18.6. The minimum absolute atomic E-state index is 0.548. The second-order valence-corrected chi connectivity index (χ2v) is 5.59. The Labute approximate surface area is 153 Å². The van der Waals surface area contributed by atoms with E-state index in [0.717, 1.165) is 0 Å². The van der Waals surface area contributed by atoms with Gasteiger partial charge >= 0.3 is 11.9 Å². The molecule has 0 spiro atoms. The molecule has 0 radical (unpaired) electrons. The maximum absolute atomic E-state index is 12.1. The average molecular weight is 362 g/mol. The van der Waals surface area contributed by atoms with Crippen LogP contribution in [0, 0.1) is 0 Å². The molecule has 4 aromatic heterocycles. The molecule has 0 aliphatic carbocycles. The van der Waals surface area contributed by atoms with E-state index < -0.39 is 18.4 Å². The Balaban J connectivity index is 1.47. The van der Waals surface area contributed by atoms with E-state index in [1.165, 1.54) is 9.46 Å². The lowest BCUT2D eigenvalue weighted by atomic mass is 10.3. The minimum Gasteiger partial charge on any atom is -0.250 e. The molecular weight excluding hydrogens is 348 g/mol. The van der Waals surface area contributed by atoms with Gasteiger partial charge in [0.2, 0.25) is 12.4 Å². The van der Waals surface area contributed by atoms with Crippen molar-refractivity contribution in [1.29, 1.82) is 0 Å². The molecule has 8 nitrogen and oxygen atoms in total. The molecule has 27 heavy (non-hydrogen) atoms. The number of hydrogen-bond acceptors (Lipinski definition) is 6. The van der Waals surface area contributed by atoms with Crippen LogP contribution < -0.4 is 19.1 Å². The fraction of sp³-hybridized carbons (Fsp3) is 0.0526. The van der Waals surface area contributed by atoms with Crippen LogP contribution in [-0.2, 0) is 9.59 Å². The number of carbonyl (C=O) groups excluding carboxylic acids is 2. The molecule has 4 aromatic rings. The first-order valence-corrected chi connectivity index (χ1v) is 8.14. The largest absolute Gasteiger partial charge is 0.391 e. The Bertz CT molecular complexity index is 1060. The zero-order valence-corrected chi connectivity index (χ0v) is 14.1. The summed E-state index contributed by atoms with van der Waals surface area (Å²) in [5.41, 5.74) is 2.54. The van der Waals surface area contributed by atoms with E-state index in [0.29, 0.717) is 22.1 Å². The molecule has 4 heterocycles. The molecule has 0 N–H and O–H groups in total. The number of hydrogen-bond donors (Lipinski definition) is 0. The summed E-state index contributed by atoms with van der Waals surface area (Å²) < 4.78 is 2.54. The molecule has 0 atom stereocenters. The van der Waals surface area contributed by atoms with Crippen LogP contribution in [0.2, 0.25) is 0 Å². The van der Waals surface area contributed by atoms with Gasteiger partial charge in [-0.05, 0) is 24.3 Å². The Morgan fingerprint density at radius 1 is 0.741 bits per heavy atom. The van der Waals surface area contributed by atoms with Crippen LogP contribution in [0.4, 0.5) is 0 Å². The first-order chi connectivity index (χ1) is 13.2. The summed E-state index contributed by atoms with van der Waals surface area (Å²) in [6.45, 7) is 0. The van der Waals surface area contributed by atoms with Gasteiger partial charge in [0.05, 0.1) is 0 Å². The highest BCUT2D eigenvalue weighted by Gasteiger charge is 2.24. The maximum Gasteiger partial charge on any atom is 0.391 e. The fourth-order valence-corrected chi connectivity index (χ4v) is 2.59. The highest BCUT2D eigenvalue weighted by atomic mass is 16.7. The number of fused-ring (bicyclic) bond motifs is 2. The smallest absolute Gasteiger partial charge is 0.250 e. The third-order valence-electron chi connectivity index (χ3n) is 3.75. The molecule has 0 aromatic carbocycles. The average Bonchev–Trinajstić information content (AvgIpc) is 2.68. The van der Waals surface area contributed by atoms with Crippen molar-refractivity contribution in [2.75, 3.05) is 0 Å². The molecule has 0 saturated carbocycles. The number of rotatable bonds is 4. The van der Waals surface area contributed by atoms with Gasteiger partial charge in [-0.25, -0.2) is 19.6 Å². The van der Waals surface area contributed by atoms with Gasteiger partial charge in [0.15, 0.2) is 6.42 Å². The van der Waals surface area contributed by atoms with Crippen molar-refractivity contribution in [2.24, 2.45) is 0 Å². The standard InChI is InChI=1S/C19H14N4O4/c24-18(26-22-11-3-5-14-16(22)7-1-9-20-14)13-19(25)27-23-12-4-6-15-17(23)8-2-10-21-15/h1-12H,13H2/q+2. The Kier molecular flexibility index (Phi) is 4.36. The first kappa shape index (κ1) is 16.5.